The number of carboxylic acids is 1. The lowest BCUT2D eigenvalue weighted by molar-refractivity contribution is -0.155. The van der Waals surface area contributed by atoms with E-state index in [4.69, 9.17) is 9.79 Å². The van der Waals surface area contributed by atoms with Crippen LogP contribution in [0, 0.1) is 10.8 Å². The molecule has 0 amide bonds. The van der Waals surface area contributed by atoms with Gasteiger partial charge in [0.25, 0.3) is 0 Å². The van der Waals surface area contributed by atoms with Crippen molar-refractivity contribution in [3.05, 3.63) is 0 Å². The van der Waals surface area contributed by atoms with E-state index in [1.54, 1.807) is 0 Å². The Bertz CT molecular complexity index is 344. The van der Waals surface area contributed by atoms with Gasteiger partial charge in [-0.1, -0.05) is 20.3 Å². The summed E-state index contributed by atoms with van der Waals surface area (Å²) in [5.74, 6) is -1.05. The lowest BCUT2D eigenvalue weighted by Crippen LogP contribution is -2.46. The predicted octanol–water partition coefficient (Wildman–Crippen LogP) is 2.23. The number of carbonyl (C=O) groups is 1. The van der Waals surface area contributed by atoms with Crippen molar-refractivity contribution in [1.29, 1.82) is 0 Å². The van der Waals surface area contributed by atoms with Crippen LogP contribution < -0.4 is 0 Å². The molecular weight excluding hydrogens is 243 g/mol. The standard InChI is InChI=1S/C11H21O5P/c1-3-10(4-2)6-5-7-11(10,9(12)13)8-17(14,15)16/h3-8H2,1-2H3,(H,12,13)(H2,14,15,16). The van der Waals surface area contributed by atoms with Gasteiger partial charge in [0.2, 0.25) is 0 Å². The SMILES string of the molecule is CCC1(CC)CCCC1(CP(=O)(O)O)C(=O)O. The third kappa shape index (κ3) is 2.42. The van der Waals surface area contributed by atoms with Crippen LogP contribution in [0.4, 0.5) is 0 Å². The minimum atomic E-state index is -4.32. The fourth-order valence-electron chi connectivity index (χ4n) is 3.51. The van der Waals surface area contributed by atoms with Gasteiger partial charge in [-0.15, -0.1) is 0 Å². The summed E-state index contributed by atoms with van der Waals surface area (Å²) in [6, 6.07) is 0. The fourth-order valence-corrected chi connectivity index (χ4v) is 4.85. The average Bonchev–Trinajstić information content (AvgIpc) is 2.56. The Hall–Kier alpha value is -0.380. The molecule has 0 aromatic carbocycles. The molecule has 1 fully saturated rings. The first kappa shape index (κ1) is 14.7. The molecule has 0 aliphatic heterocycles. The van der Waals surface area contributed by atoms with E-state index < -0.39 is 30.6 Å². The van der Waals surface area contributed by atoms with Crippen molar-refractivity contribution in [2.24, 2.45) is 10.8 Å². The summed E-state index contributed by atoms with van der Waals surface area (Å²) in [5.41, 5.74) is -1.73. The van der Waals surface area contributed by atoms with Gasteiger partial charge < -0.3 is 14.9 Å². The van der Waals surface area contributed by atoms with Crippen molar-refractivity contribution < 1.29 is 24.3 Å². The second-order valence-corrected chi connectivity index (χ2v) is 6.70. The molecule has 100 valence electrons. The number of carboxylic acid groups (broad SMARTS) is 1. The quantitative estimate of drug-likeness (QED) is 0.662. The Labute approximate surface area is 101 Å². The number of hydrogen-bond acceptors (Lipinski definition) is 2. The van der Waals surface area contributed by atoms with Gasteiger partial charge in [-0.2, -0.15) is 0 Å². The van der Waals surface area contributed by atoms with Crippen LogP contribution in [-0.2, 0) is 9.36 Å². The molecule has 1 rings (SSSR count). The predicted molar refractivity (Wildman–Crippen MR) is 63.8 cm³/mol. The Morgan fingerprint density at radius 3 is 2.12 bits per heavy atom. The summed E-state index contributed by atoms with van der Waals surface area (Å²) in [5, 5.41) is 9.48. The first-order chi connectivity index (χ1) is 7.73. The van der Waals surface area contributed by atoms with E-state index in [9.17, 15) is 14.5 Å². The zero-order chi connectivity index (χ0) is 13.3. The van der Waals surface area contributed by atoms with Crippen molar-refractivity contribution in [2.45, 2.75) is 46.0 Å². The van der Waals surface area contributed by atoms with Crippen LogP contribution in [0.2, 0.25) is 0 Å². The molecule has 0 bridgehead atoms. The molecule has 5 nitrogen and oxygen atoms in total. The van der Waals surface area contributed by atoms with Gasteiger partial charge in [0.05, 0.1) is 11.6 Å². The largest absolute Gasteiger partial charge is 0.481 e. The van der Waals surface area contributed by atoms with E-state index >= 15 is 0 Å². The maximum absolute atomic E-state index is 11.6. The highest BCUT2D eigenvalue weighted by Crippen LogP contribution is 2.62. The molecule has 6 heteroatoms. The zero-order valence-corrected chi connectivity index (χ0v) is 11.2. The van der Waals surface area contributed by atoms with Crippen LogP contribution in [-0.4, -0.2) is 27.0 Å². The normalized spacial score (nSPS) is 28.2. The lowest BCUT2D eigenvalue weighted by Gasteiger charge is -2.42. The molecule has 17 heavy (non-hydrogen) atoms. The van der Waals surface area contributed by atoms with E-state index in [2.05, 4.69) is 0 Å². The molecule has 0 aromatic heterocycles. The highest BCUT2D eigenvalue weighted by Gasteiger charge is 2.59. The van der Waals surface area contributed by atoms with Crippen molar-refractivity contribution >= 4 is 13.6 Å². The Morgan fingerprint density at radius 1 is 1.24 bits per heavy atom. The topological polar surface area (TPSA) is 94.8 Å². The average molecular weight is 264 g/mol. The number of hydrogen-bond donors (Lipinski definition) is 3. The van der Waals surface area contributed by atoms with E-state index in [1.807, 2.05) is 13.8 Å². The Morgan fingerprint density at radius 2 is 1.76 bits per heavy atom. The second-order valence-electron chi connectivity index (χ2n) is 5.05. The van der Waals surface area contributed by atoms with Crippen molar-refractivity contribution in [2.75, 3.05) is 6.16 Å². The number of rotatable bonds is 5. The van der Waals surface area contributed by atoms with Crippen LogP contribution in [0.25, 0.3) is 0 Å². The van der Waals surface area contributed by atoms with Crippen LogP contribution in [0.3, 0.4) is 0 Å². The summed E-state index contributed by atoms with van der Waals surface area (Å²) in [6.45, 7) is 3.82. The summed E-state index contributed by atoms with van der Waals surface area (Å²) < 4.78 is 11.2. The molecule has 1 unspecified atom stereocenters. The Balaban J connectivity index is 3.23. The van der Waals surface area contributed by atoms with Gasteiger partial charge in [-0.3, -0.25) is 9.36 Å². The molecule has 0 spiro atoms. The van der Waals surface area contributed by atoms with Gasteiger partial charge in [0, 0.05) is 0 Å². The van der Waals surface area contributed by atoms with Gasteiger partial charge in [0.1, 0.15) is 0 Å². The van der Waals surface area contributed by atoms with E-state index in [1.165, 1.54) is 0 Å². The van der Waals surface area contributed by atoms with Crippen molar-refractivity contribution in [3.8, 4) is 0 Å². The molecule has 1 atom stereocenters. The molecule has 1 aliphatic carbocycles. The molecule has 0 saturated heterocycles. The maximum atomic E-state index is 11.6. The molecule has 0 radical (unpaired) electrons. The molecule has 0 heterocycles. The van der Waals surface area contributed by atoms with Crippen LogP contribution >= 0.6 is 7.60 Å². The van der Waals surface area contributed by atoms with Crippen LogP contribution in [0.15, 0.2) is 0 Å². The third-order valence-corrected chi connectivity index (χ3v) is 5.46. The van der Waals surface area contributed by atoms with Gasteiger partial charge in [-0.25, -0.2) is 0 Å². The minimum Gasteiger partial charge on any atom is -0.481 e. The summed E-state index contributed by atoms with van der Waals surface area (Å²) >= 11 is 0. The zero-order valence-electron chi connectivity index (χ0n) is 10.3. The monoisotopic (exact) mass is 264 g/mol. The number of aliphatic carboxylic acids is 1. The summed E-state index contributed by atoms with van der Waals surface area (Å²) in [4.78, 5) is 29.9. The molecule has 1 saturated carbocycles. The van der Waals surface area contributed by atoms with Crippen molar-refractivity contribution in [3.63, 3.8) is 0 Å². The van der Waals surface area contributed by atoms with Gasteiger partial charge >= 0.3 is 13.6 Å². The first-order valence-electron chi connectivity index (χ1n) is 6.01. The molecule has 3 N–H and O–H groups in total. The third-order valence-electron chi connectivity index (χ3n) is 4.51. The van der Waals surface area contributed by atoms with Crippen LogP contribution in [0.5, 0.6) is 0 Å². The van der Waals surface area contributed by atoms with E-state index in [0.29, 0.717) is 19.3 Å². The van der Waals surface area contributed by atoms with Gasteiger partial charge in [0.15, 0.2) is 0 Å². The minimum absolute atomic E-state index is 0.370. The highest BCUT2D eigenvalue weighted by atomic mass is 31.2. The second kappa shape index (κ2) is 4.71. The first-order valence-corrected chi connectivity index (χ1v) is 7.81. The van der Waals surface area contributed by atoms with Crippen molar-refractivity contribution in [1.82, 2.24) is 0 Å². The molecular formula is C11H21O5P. The molecule has 1 aliphatic rings. The maximum Gasteiger partial charge on any atom is 0.326 e. The highest BCUT2D eigenvalue weighted by molar-refractivity contribution is 7.51. The van der Waals surface area contributed by atoms with Gasteiger partial charge in [-0.05, 0) is 31.1 Å². The van der Waals surface area contributed by atoms with E-state index in [0.717, 1.165) is 12.8 Å². The Kier molecular flexibility index (Phi) is 4.07. The smallest absolute Gasteiger partial charge is 0.326 e. The molecule has 0 aromatic rings. The summed E-state index contributed by atoms with van der Waals surface area (Å²) in [6.07, 6.45) is 2.61. The van der Waals surface area contributed by atoms with Crippen LogP contribution in [0.1, 0.15) is 46.0 Å². The fraction of sp³-hybridized carbons (Fsp3) is 0.909. The summed E-state index contributed by atoms with van der Waals surface area (Å²) in [7, 11) is -4.32. The lowest BCUT2D eigenvalue weighted by atomic mass is 9.63. The van der Waals surface area contributed by atoms with E-state index in [-0.39, 0.29) is 0 Å².